The summed E-state index contributed by atoms with van der Waals surface area (Å²) in [5, 5.41) is 18.2. The predicted octanol–water partition coefficient (Wildman–Crippen LogP) is 0.0173. The van der Waals surface area contributed by atoms with Crippen molar-refractivity contribution in [1.29, 1.82) is 0 Å². The SMILES string of the molecule is CC(C)CC(N)C(=O)NC(Cc1c[nH]c2ccccc12)C(=O)NC(CCC(N)=O)C(=O)NC(CCCCN)C(=O)O. The second-order valence-corrected chi connectivity index (χ2v) is 10.6. The number of carbonyl (C=O) groups excluding carboxylic acids is 4. The van der Waals surface area contributed by atoms with Gasteiger partial charge < -0.3 is 43.2 Å². The van der Waals surface area contributed by atoms with Gasteiger partial charge in [0.1, 0.15) is 18.1 Å². The number of unbranched alkanes of at least 4 members (excludes halogenated alkanes) is 1. The Labute approximate surface area is 239 Å². The summed E-state index contributed by atoms with van der Waals surface area (Å²) in [7, 11) is 0. The third-order valence-corrected chi connectivity index (χ3v) is 6.67. The van der Waals surface area contributed by atoms with Crippen LogP contribution in [0.1, 0.15) is 57.9 Å². The fourth-order valence-electron chi connectivity index (χ4n) is 4.47. The smallest absolute Gasteiger partial charge is 0.326 e. The summed E-state index contributed by atoms with van der Waals surface area (Å²) in [4.78, 5) is 66.0. The van der Waals surface area contributed by atoms with Crippen LogP contribution in [0.5, 0.6) is 0 Å². The predicted molar refractivity (Wildman–Crippen MR) is 154 cm³/mol. The molecule has 4 amide bonds. The molecule has 226 valence electrons. The van der Waals surface area contributed by atoms with Gasteiger partial charge in [0.15, 0.2) is 0 Å². The fourth-order valence-corrected chi connectivity index (χ4v) is 4.47. The number of para-hydroxylation sites is 1. The average Bonchev–Trinajstić information content (AvgIpc) is 3.32. The van der Waals surface area contributed by atoms with Gasteiger partial charge in [-0.1, -0.05) is 32.0 Å². The van der Waals surface area contributed by atoms with E-state index in [0.29, 0.717) is 25.8 Å². The monoisotopic (exact) mass is 573 g/mol. The number of aromatic nitrogens is 1. The Morgan fingerprint density at radius 2 is 1.54 bits per heavy atom. The van der Waals surface area contributed by atoms with E-state index in [1.807, 2.05) is 38.1 Å². The molecule has 0 saturated carbocycles. The number of nitrogens with two attached hydrogens (primary N) is 3. The zero-order valence-corrected chi connectivity index (χ0v) is 23.7. The van der Waals surface area contributed by atoms with Crippen LogP contribution in [0.25, 0.3) is 10.9 Å². The molecule has 2 rings (SSSR count). The maximum Gasteiger partial charge on any atom is 0.326 e. The van der Waals surface area contributed by atoms with E-state index in [-0.39, 0.29) is 31.6 Å². The number of fused-ring (bicyclic) bond motifs is 1. The quantitative estimate of drug-likeness (QED) is 0.113. The van der Waals surface area contributed by atoms with Crippen LogP contribution < -0.4 is 33.2 Å². The number of carbonyl (C=O) groups is 5. The highest BCUT2D eigenvalue weighted by atomic mass is 16.4. The minimum Gasteiger partial charge on any atom is -0.480 e. The summed E-state index contributed by atoms with van der Waals surface area (Å²) in [5.74, 6) is -3.79. The van der Waals surface area contributed by atoms with Crippen molar-refractivity contribution in [2.75, 3.05) is 6.54 Å². The van der Waals surface area contributed by atoms with E-state index in [1.54, 1.807) is 6.20 Å². The molecule has 4 atom stereocenters. The lowest BCUT2D eigenvalue weighted by Gasteiger charge is -2.25. The third-order valence-electron chi connectivity index (χ3n) is 6.67. The Hall–Kier alpha value is -3.97. The van der Waals surface area contributed by atoms with Crippen LogP contribution in [0.2, 0.25) is 0 Å². The molecule has 1 aromatic carbocycles. The van der Waals surface area contributed by atoms with Gasteiger partial charge in [0.05, 0.1) is 6.04 Å². The van der Waals surface area contributed by atoms with Crippen LogP contribution in [0.3, 0.4) is 0 Å². The first kappa shape index (κ1) is 33.2. The van der Waals surface area contributed by atoms with E-state index in [1.165, 1.54) is 0 Å². The number of hydrogen-bond donors (Lipinski definition) is 8. The van der Waals surface area contributed by atoms with Gasteiger partial charge in [-0.25, -0.2) is 4.79 Å². The summed E-state index contributed by atoms with van der Waals surface area (Å²) in [5.41, 5.74) is 18.4. The number of aromatic amines is 1. The number of aliphatic carboxylic acids is 1. The summed E-state index contributed by atoms with van der Waals surface area (Å²) in [6.45, 7) is 4.22. The summed E-state index contributed by atoms with van der Waals surface area (Å²) < 4.78 is 0. The highest BCUT2D eigenvalue weighted by Crippen LogP contribution is 2.19. The van der Waals surface area contributed by atoms with Crippen LogP contribution in [-0.2, 0) is 30.4 Å². The number of rotatable bonds is 18. The molecule has 0 saturated heterocycles. The molecule has 13 nitrogen and oxygen atoms in total. The number of hydrogen-bond acceptors (Lipinski definition) is 7. The van der Waals surface area contributed by atoms with Crippen LogP contribution in [0.4, 0.5) is 0 Å². The molecular weight excluding hydrogens is 530 g/mol. The molecule has 4 unspecified atom stereocenters. The number of amides is 4. The van der Waals surface area contributed by atoms with Gasteiger partial charge in [0, 0.05) is 29.9 Å². The van der Waals surface area contributed by atoms with E-state index in [0.717, 1.165) is 16.5 Å². The Morgan fingerprint density at radius 3 is 2.17 bits per heavy atom. The molecule has 13 heteroatoms. The number of carboxylic acid groups (broad SMARTS) is 1. The Morgan fingerprint density at radius 1 is 0.902 bits per heavy atom. The van der Waals surface area contributed by atoms with Gasteiger partial charge in [0.2, 0.25) is 23.6 Å². The van der Waals surface area contributed by atoms with Crippen molar-refractivity contribution in [3.63, 3.8) is 0 Å². The molecule has 0 aliphatic rings. The standard InChI is InChI=1S/C28H43N7O6/c1-16(2)13-19(30)25(37)35-23(14-17-15-32-20-8-4-3-7-18(17)20)27(39)33-21(10-11-24(31)36)26(38)34-22(28(40)41)9-5-6-12-29/h3-4,7-8,15-16,19,21-23,32H,5-6,9-14,29-30H2,1-2H3,(H2,31,36)(H,33,39)(H,34,38)(H,35,37)(H,40,41). The van der Waals surface area contributed by atoms with Crippen molar-refractivity contribution in [2.24, 2.45) is 23.1 Å². The zero-order valence-electron chi connectivity index (χ0n) is 23.7. The molecule has 0 aliphatic heterocycles. The number of carboxylic acids is 1. The molecular formula is C28H43N7O6. The lowest BCUT2D eigenvalue weighted by molar-refractivity contribution is -0.142. The van der Waals surface area contributed by atoms with Crippen LogP contribution >= 0.6 is 0 Å². The molecule has 2 aromatic rings. The lowest BCUT2D eigenvalue weighted by Crippen LogP contribution is -2.57. The molecule has 0 spiro atoms. The maximum atomic E-state index is 13.6. The Balaban J connectivity index is 2.29. The van der Waals surface area contributed by atoms with Gasteiger partial charge in [-0.2, -0.15) is 0 Å². The second kappa shape index (κ2) is 16.3. The van der Waals surface area contributed by atoms with Crippen molar-refractivity contribution in [3.05, 3.63) is 36.0 Å². The molecule has 0 fully saturated rings. The number of nitrogens with one attached hydrogen (secondary N) is 4. The first-order chi connectivity index (χ1) is 19.4. The minimum absolute atomic E-state index is 0.0803. The number of primary amides is 1. The van der Waals surface area contributed by atoms with E-state index in [4.69, 9.17) is 17.2 Å². The maximum absolute atomic E-state index is 13.6. The van der Waals surface area contributed by atoms with E-state index in [2.05, 4.69) is 20.9 Å². The van der Waals surface area contributed by atoms with E-state index in [9.17, 15) is 29.1 Å². The second-order valence-electron chi connectivity index (χ2n) is 10.6. The van der Waals surface area contributed by atoms with Gasteiger partial charge in [0.25, 0.3) is 0 Å². The summed E-state index contributed by atoms with van der Waals surface area (Å²) in [6, 6.07) is 3.00. The average molecular weight is 574 g/mol. The highest BCUT2D eigenvalue weighted by molar-refractivity contribution is 5.95. The Kier molecular flexibility index (Phi) is 13.2. The van der Waals surface area contributed by atoms with Crippen LogP contribution in [0, 0.1) is 5.92 Å². The molecule has 1 aromatic heterocycles. The van der Waals surface area contributed by atoms with Gasteiger partial charge in [-0.3, -0.25) is 19.2 Å². The minimum atomic E-state index is -1.28. The van der Waals surface area contributed by atoms with Gasteiger partial charge >= 0.3 is 5.97 Å². The van der Waals surface area contributed by atoms with Crippen molar-refractivity contribution < 1.29 is 29.1 Å². The highest BCUT2D eigenvalue weighted by Gasteiger charge is 2.31. The first-order valence-electron chi connectivity index (χ1n) is 13.9. The van der Waals surface area contributed by atoms with Crippen molar-refractivity contribution >= 4 is 40.5 Å². The van der Waals surface area contributed by atoms with E-state index >= 15 is 0 Å². The molecule has 1 heterocycles. The molecule has 0 aliphatic carbocycles. The molecule has 11 N–H and O–H groups in total. The lowest BCUT2D eigenvalue weighted by atomic mass is 10.0. The van der Waals surface area contributed by atoms with Crippen LogP contribution in [0.15, 0.2) is 30.5 Å². The van der Waals surface area contributed by atoms with Crippen molar-refractivity contribution in [1.82, 2.24) is 20.9 Å². The van der Waals surface area contributed by atoms with Crippen molar-refractivity contribution in [3.8, 4) is 0 Å². The van der Waals surface area contributed by atoms with Gasteiger partial charge in [-0.05, 0) is 56.2 Å². The topological polar surface area (TPSA) is 236 Å². The van der Waals surface area contributed by atoms with Crippen LogP contribution in [-0.4, -0.2) is 70.4 Å². The fraction of sp³-hybridized carbons (Fsp3) is 0.536. The number of benzene rings is 1. The largest absolute Gasteiger partial charge is 0.480 e. The summed E-state index contributed by atoms with van der Waals surface area (Å²) in [6.07, 6.45) is 3.01. The molecule has 0 radical (unpaired) electrons. The van der Waals surface area contributed by atoms with Gasteiger partial charge in [-0.15, -0.1) is 0 Å². The molecule has 41 heavy (non-hydrogen) atoms. The third kappa shape index (κ3) is 10.8. The number of H-pyrrole nitrogens is 1. The Bertz CT molecular complexity index is 1200. The van der Waals surface area contributed by atoms with E-state index < -0.39 is 53.8 Å². The zero-order chi connectivity index (χ0) is 30.5. The first-order valence-corrected chi connectivity index (χ1v) is 13.9. The van der Waals surface area contributed by atoms with Crippen molar-refractivity contribution in [2.45, 2.75) is 83.0 Å². The normalized spacial score (nSPS) is 14.2. The summed E-state index contributed by atoms with van der Waals surface area (Å²) >= 11 is 0. The molecule has 0 bridgehead atoms.